The Morgan fingerprint density at radius 3 is 2.12 bits per heavy atom. The van der Waals surface area contributed by atoms with Gasteiger partial charge >= 0.3 is 0 Å². The van der Waals surface area contributed by atoms with Crippen LogP contribution in [0.5, 0.6) is 0 Å². The van der Waals surface area contributed by atoms with E-state index >= 15 is 0 Å². The minimum atomic E-state index is -0.459. The van der Waals surface area contributed by atoms with Crippen LogP contribution in [0.1, 0.15) is 25.0 Å². The minimum absolute atomic E-state index is 0. The largest absolute Gasteiger partial charge is 0.324 e. The van der Waals surface area contributed by atoms with Crippen LogP contribution < -0.4 is 11.1 Å². The average molecular weight is 257 g/mol. The summed E-state index contributed by atoms with van der Waals surface area (Å²) in [4.78, 5) is 11.8. The molecule has 0 aliphatic carbocycles. The Morgan fingerprint density at radius 1 is 1.24 bits per heavy atom. The van der Waals surface area contributed by atoms with Gasteiger partial charge in [-0.3, -0.25) is 4.79 Å². The molecule has 0 radical (unpaired) electrons. The first-order valence-electron chi connectivity index (χ1n) is 5.56. The average Bonchev–Trinajstić information content (AvgIpc) is 2.22. The molecule has 4 heteroatoms. The summed E-state index contributed by atoms with van der Waals surface area (Å²) < 4.78 is 0. The molecule has 1 atom stereocenters. The molecule has 1 aromatic rings. The molecule has 0 aliphatic heterocycles. The van der Waals surface area contributed by atoms with Gasteiger partial charge in [-0.25, -0.2) is 0 Å². The van der Waals surface area contributed by atoms with Gasteiger partial charge in [-0.15, -0.1) is 12.4 Å². The lowest BCUT2D eigenvalue weighted by Crippen LogP contribution is -2.40. The summed E-state index contributed by atoms with van der Waals surface area (Å²) in [6, 6.07) is 5.47. The smallest absolute Gasteiger partial charge is 0.241 e. The molecule has 96 valence electrons. The normalized spacial score (nSPS) is 11.9. The molecule has 0 saturated heterocycles. The first-order valence-corrected chi connectivity index (χ1v) is 5.56. The Kier molecular flexibility index (Phi) is 6.21. The summed E-state index contributed by atoms with van der Waals surface area (Å²) in [6.45, 7) is 7.83. The van der Waals surface area contributed by atoms with Crippen molar-refractivity contribution >= 4 is 24.0 Å². The minimum Gasteiger partial charge on any atom is -0.324 e. The van der Waals surface area contributed by atoms with Crippen LogP contribution in [0.2, 0.25) is 0 Å². The molecule has 17 heavy (non-hydrogen) atoms. The van der Waals surface area contributed by atoms with E-state index < -0.39 is 6.04 Å². The Hall–Kier alpha value is -1.06. The number of hydrogen-bond acceptors (Lipinski definition) is 2. The van der Waals surface area contributed by atoms with Crippen molar-refractivity contribution in [2.24, 2.45) is 11.7 Å². The van der Waals surface area contributed by atoms with E-state index in [2.05, 4.69) is 5.32 Å². The maximum atomic E-state index is 11.8. The van der Waals surface area contributed by atoms with Crippen LogP contribution in [0.15, 0.2) is 18.2 Å². The van der Waals surface area contributed by atoms with Crippen LogP contribution in [0.25, 0.3) is 0 Å². The van der Waals surface area contributed by atoms with Gasteiger partial charge in [-0.2, -0.15) is 0 Å². The molecule has 0 saturated carbocycles. The molecule has 0 heterocycles. The molecule has 1 amide bonds. The van der Waals surface area contributed by atoms with Crippen LogP contribution in [0, 0.1) is 19.8 Å². The summed E-state index contributed by atoms with van der Waals surface area (Å²) in [5, 5.41) is 2.90. The number of anilines is 1. The number of benzene rings is 1. The van der Waals surface area contributed by atoms with Gasteiger partial charge in [0, 0.05) is 5.69 Å². The second-order valence-corrected chi connectivity index (χ2v) is 4.53. The fourth-order valence-electron chi connectivity index (χ4n) is 1.52. The van der Waals surface area contributed by atoms with Crippen LogP contribution >= 0.6 is 12.4 Å². The lowest BCUT2D eigenvalue weighted by Gasteiger charge is -2.17. The standard InChI is InChI=1S/C13H20N2O.ClH/c1-8(2)11(14)13(16)15-12-9(3)6-5-7-10(12)4;/h5-8,11H,14H2,1-4H3,(H,15,16);1H/t11-;/m0./s1. The van der Waals surface area contributed by atoms with Crippen molar-refractivity contribution in [1.29, 1.82) is 0 Å². The number of carbonyl (C=O) groups is 1. The maximum Gasteiger partial charge on any atom is 0.241 e. The van der Waals surface area contributed by atoms with E-state index in [1.165, 1.54) is 0 Å². The van der Waals surface area contributed by atoms with E-state index in [4.69, 9.17) is 5.73 Å². The van der Waals surface area contributed by atoms with Crippen LogP contribution in [0.4, 0.5) is 5.69 Å². The monoisotopic (exact) mass is 256 g/mol. The van der Waals surface area contributed by atoms with Crippen molar-refractivity contribution in [1.82, 2.24) is 0 Å². The first-order chi connectivity index (χ1) is 7.43. The third kappa shape index (κ3) is 4.02. The number of aryl methyl sites for hydroxylation is 2. The highest BCUT2D eigenvalue weighted by Crippen LogP contribution is 2.19. The molecule has 0 bridgehead atoms. The highest BCUT2D eigenvalue weighted by molar-refractivity contribution is 5.96. The van der Waals surface area contributed by atoms with E-state index in [0.29, 0.717) is 0 Å². The Bertz CT molecular complexity index is 371. The fourth-order valence-corrected chi connectivity index (χ4v) is 1.52. The first kappa shape index (κ1) is 15.9. The van der Waals surface area contributed by atoms with E-state index in [9.17, 15) is 4.79 Å². The van der Waals surface area contributed by atoms with Crippen molar-refractivity contribution in [3.8, 4) is 0 Å². The van der Waals surface area contributed by atoms with Gasteiger partial charge in [0.2, 0.25) is 5.91 Å². The predicted molar refractivity (Wildman–Crippen MR) is 74.6 cm³/mol. The molecule has 0 aromatic heterocycles. The summed E-state index contributed by atoms with van der Waals surface area (Å²) in [5.41, 5.74) is 8.79. The van der Waals surface area contributed by atoms with Crippen molar-refractivity contribution in [3.63, 3.8) is 0 Å². The van der Waals surface area contributed by atoms with E-state index in [1.807, 2.05) is 45.9 Å². The number of para-hydroxylation sites is 1. The van der Waals surface area contributed by atoms with E-state index in [0.717, 1.165) is 16.8 Å². The molecule has 0 spiro atoms. The molecule has 3 N–H and O–H groups in total. The Balaban J connectivity index is 0.00000256. The number of nitrogens with two attached hydrogens (primary N) is 1. The topological polar surface area (TPSA) is 55.1 Å². The quantitative estimate of drug-likeness (QED) is 0.874. The van der Waals surface area contributed by atoms with Gasteiger partial charge in [-0.05, 0) is 30.9 Å². The Morgan fingerprint density at radius 2 is 1.71 bits per heavy atom. The SMILES string of the molecule is Cc1cccc(C)c1NC(=O)[C@@H](N)C(C)C.Cl. The van der Waals surface area contributed by atoms with E-state index in [1.54, 1.807) is 0 Å². The van der Waals surface area contributed by atoms with Gasteiger partial charge in [-0.1, -0.05) is 32.0 Å². The van der Waals surface area contributed by atoms with Gasteiger partial charge in [0.15, 0.2) is 0 Å². The summed E-state index contributed by atoms with van der Waals surface area (Å²) >= 11 is 0. The van der Waals surface area contributed by atoms with Gasteiger partial charge in [0.1, 0.15) is 0 Å². The molecule has 1 aromatic carbocycles. The number of halogens is 1. The fraction of sp³-hybridized carbons (Fsp3) is 0.462. The van der Waals surface area contributed by atoms with Crippen LogP contribution in [-0.4, -0.2) is 11.9 Å². The lowest BCUT2D eigenvalue weighted by molar-refractivity contribution is -0.118. The molecule has 0 aliphatic rings. The highest BCUT2D eigenvalue weighted by Gasteiger charge is 2.18. The third-order valence-corrected chi connectivity index (χ3v) is 2.75. The van der Waals surface area contributed by atoms with Crippen molar-refractivity contribution in [2.45, 2.75) is 33.7 Å². The summed E-state index contributed by atoms with van der Waals surface area (Å²) in [7, 11) is 0. The highest BCUT2D eigenvalue weighted by atomic mass is 35.5. The maximum absolute atomic E-state index is 11.8. The zero-order valence-electron chi connectivity index (χ0n) is 10.8. The zero-order chi connectivity index (χ0) is 12.3. The molecule has 1 rings (SSSR count). The van der Waals surface area contributed by atoms with Crippen molar-refractivity contribution in [3.05, 3.63) is 29.3 Å². The molecular formula is C13H21ClN2O. The lowest BCUT2D eigenvalue weighted by atomic mass is 10.0. The second-order valence-electron chi connectivity index (χ2n) is 4.53. The van der Waals surface area contributed by atoms with Crippen LogP contribution in [-0.2, 0) is 4.79 Å². The number of rotatable bonds is 3. The van der Waals surface area contributed by atoms with Crippen molar-refractivity contribution < 1.29 is 4.79 Å². The van der Waals surface area contributed by atoms with Gasteiger partial charge in [0.05, 0.1) is 6.04 Å². The second kappa shape index (κ2) is 6.62. The molecular weight excluding hydrogens is 236 g/mol. The number of amides is 1. The van der Waals surface area contributed by atoms with Crippen LogP contribution in [0.3, 0.4) is 0 Å². The predicted octanol–water partition coefficient (Wildman–Crippen LogP) is 2.65. The molecule has 0 unspecified atom stereocenters. The van der Waals surface area contributed by atoms with Crippen molar-refractivity contribution in [2.75, 3.05) is 5.32 Å². The molecule has 3 nitrogen and oxygen atoms in total. The summed E-state index contributed by atoms with van der Waals surface area (Å²) in [6.07, 6.45) is 0. The number of carbonyl (C=O) groups excluding carboxylic acids is 1. The third-order valence-electron chi connectivity index (χ3n) is 2.75. The zero-order valence-corrected chi connectivity index (χ0v) is 11.6. The number of hydrogen-bond donors (Lipinski definition) is 2. The Labute approximate surface area is 109 Å². The summed E-state index contributed by atoms with van der Waals surface area (Å²) in [5.74, 6) is 0.0247. The van der Waals surface area contributed by atoms with Gasteiger partial charge in [0.25, 0.3) is 0 Å². The van der Waals surface area contributed by atoms with Gasteiger partial charge < -0.3 is 11.1 Å². The van der Waals surface area contributed by atoms with E-state index in [-0.39, 0.29) is 24.2 Å². The molecule has 0 fully saturated rings. The number of nitrogens with one attached hydrogen (secondary N) is 1.